The summed E-state index contributed by atoms with van der Waals surface area (Å²) >= 11 is 3.43. The predicted molar refractivity (Wildman–Crippen MR) is 115 cm³/mol. The summed E-state index contributed by atoms with van der Waals surface area (Å²) in [7, 11) is 0. The first kappa shape index (κ1) is 19.9. The summed E-state index contributed by atoms with van der Waals surface area (Å²) in [5.74, 6) is 1.19. The molecule has 0 aliphatic carbocycles. The van der Waals surface area contributed by atoms with Gasteiger partial charge in [-0.05, 0) is 52.7 Å². The van der Waals surface area contributed by atoms with E-state index in [9.17, 15) is 4.79 Å². The number of anilines is 1. The van der Waals surface area contributed by atoms with E-state index in [1.165, 1.54) is 5.56 Å². The van der Waals surface area contributed by atoms with Crippen LogP contribution >= 0.6 is 15.9 Å². The Hall–Kier alpha value is -3.39. The summed E-state index contributed by atoms with van der Waals surface area (Å²) in [6.45, 7) is 2.82. The van der Waals surface area contributed by atoms with Gasteiger partial charge in [-0.1, -0.05) is 42.0 Å². The fourth-order valence-electron chi connectivity index (χ4n) is 2.88. The number of halogens is 1. The van der Waals surface area contributed by atoms with Crippen LogP contribution in [0.15, 0.2) is 75.9 Å². The van der Waals surface area contributed by atoms with E-state index in [0.717, 1.165) is 10.0 Å². The first-order valence-corrected chi connectivity index (χ1v) is 10.1. The minimum atomic E-state index is -0.421. The third-order valence-electron chi connectivity index (χ3n) is 4.28. The number of benzene rings is 2. The number of hydrogen-bond acceptors (Lipinski definition) is 5. The number of nitrogens with one attached hydrogen (secondary N) is 1. The number of furan rings is 1. The fraction of sp³-hybridized carbons (Fsp3) is 0.136. The van der Waals surface area contributed by atoms with Crippen molar-refractivity contribution in [1.82, 2.24) is 14.8 Å². The first-order chi connectivity index (χ1) is 14.6. The number of rotatable bonds is 7. The number of carbonyl (C=O) groups excluding carboxylic acids is 1. The van der Waals surface area contributed by atoms with Gasteiger partial charge in [0.1, 0.15) is 24.4 Å². The van der Waals surface area contributed by atoms with Crippen molar-refractivity contribution in [2.24, 2.45) is 0 Å². The number of ether oxygens (including phenoxy) is 1. The molecule has 152 valence electrons. The monoisotopic (exact) mass is 466 g/mol. The van der Waals surface area contributed by atoms with E-state index in [4.69, 9.17) is 9.15 Å². The number of hydrogen-bond donors (Lipinski definition) is 1. The Balaban J connectivity index is 1.34. The average Bonchev–Trinajstić information content (AvgIpc) is 3.37. The van der Waals surface area contributed by atoms with Gasteiger partial charge in [-0.25, -0.2) is 9.67 Å². The van der Waals surface area contributed by atoms with Crippen molar-refractivity contribution in [1.29, 1.82) is 0 Å². The van der Waals surface area contributed by atoms with Crippen molar-refractivity contribution in [2.45, 2.75) is 20.1 Å². The van der Waals surface area contributed by atoms with E-state index >= 15 is 0 Å². The molecular weight excluding hydrogens is 448 g/mol. The molecule has 0 fully saturated rings. The van der Waals surface area contributed by atoms with Gasteiger partial charge in [0, 0.05) is 0 Å². The largest absolute Gasteiger partial charge is 0.484 e. The van der Waals surface area contributed by atoms with E-state index < -0.39 is 5.91 Å². The lowest BCUT2D eigenvalue weighted by Gasteiger charge is -2.05. The molecule has 0 aliphatic heterocycles. The van der Waals surface area contributed by atoms with Crippen LogP contribution in [0, 0.1) is 6.92 Å². The zero-order chi connectivity index (χ0) is 20.9. The van der Waals surface area contributed by atoms with E-state index in [0.29, 0.717) is 18.1 Å². The topological polar surface area (TPSA) is 82.2 Å². The molecule has 0 saturated carbocycles. The predicted octanol–water partition coefficient (Wildman–Crippen LogP) is 4.82. The molecule has 0 atom stereocenters. The molecule has 4 aromatic rings. The molecule has 0 bridgehead atoms. The number of para-hydroxylation sites is 1. The minimum Gasteiger partial charge on any atom is -0.484 e. The lowest BCUT2D eigenvalue weighted by atomic mass is 10.1. The quantitative estimate of drug-likeness (QED) is 0.422. The third-order valence-corrected chi connectivity index (χ3v) is 4.94. The molecule has 1 N–H and O–H groups in total. The lowest BCUT2D eigenvalue weighted by molar-refractivity contribution is 0.0991. The molecule has 2 aromatic heterocycles. The van der Waals surface area contributed by atoms with E-state index in [1.54, 1.807) is 23.1 Å². The molecular formula is C22H19BrN4O3. The Labute approximate surface area is 181 Å². The molecule has 0 aliphatic rings. The van der Waals surface area contributed by atoms with Gasteiger partial charge >= 0.3 is 0 Å². The number of nitrogens with zero attached hydrogens (tertiary/aromatic N) is 3. The van der Waals surface area contributed by atoms with Crippen molar-refractivity contribution < 1.29 is 13.9 Å². The van der Waals surface area contributed by atoms with E-state index in [-0.39, 0.29) is 18.3 Å². The maximum absolute atomic E-state index is 12.4. The molecule has 30 heavy (non-hydrogen) atoms. The molecule has 0 unspecified atom stereocenters. The second-order valence-corrected chi connectivity index (χ2v) is 7.55. The summed E-state index contributed by atoms with van der Waals surface area (Å²) in [6.07, 6.45) is 1.58. The Kier molecular flexibility index (Phi) is 5.94. The number of amides is 1. The highest BCUT2D eigenvalue weighted by Crippen LogP contribution is 2.25. The Bertz CT molecular complexity index is 1170. The van der Waals surface area contributed by atoms with Gasteiger partial charge in [0.25, 0.3) is 5.91 Å². The summed E-state index contributed by atoms with van der Waals surface area (Å²) in [5.41, 5.74) is 2.29. The number of aryl methyl sites for hydroxylation is 1. The molecule has 0 spiro atoms. The average molecular weight is 467 g/mol. The maximum Gasteiger partial charge on any atom is 0.293 e. The molecule has 2 aromatic carbocycles. The van der Waals surface area contributed by atoms with Gasteiger partial charge < -0.3 is 9.15 Å². The molecule has 0 saturated heterocycles. The summed E-state index contributed by atoms with van der Waals surface area (Å²) in [5, 5.41) is 6.94. The number of carbonyl (C=O) groups is 1. The second kappa shape index (κ2) is 8.96. The van der Waals surface area contributed by atoms with Crippen LogP contribution < -0.4 is 10.1 Å². The van der Waals surface area contributed by atoms with Crippen molar-refractivity contribution in [3.05, 3.63) is 94.1 Å². The molecule has 1 amide bonds. The SMILES string of the molecule is Cc1cccc(Cn2cnc(NC(=O)c3ccc(COc4ccccc4Br)o3)n2)c1. The lowest BCUT2D eigenvalue weighted by Crippen LogP contribution is -2.12. The van der Waals surface area contributed by atoms with E-state index in [1.807, 2.05) is 49.4 Å². The van der Waals surface area contributed by atoms with Crippen molar-refractivity contribution in [3.8, 4) is 5.75 Å². The normalized spacial score (nSPS) is 10.7. The summed E-state index contributed by atoms with van der Waals surface area (Å²) < 4.78 is 13.8. The van der Waals surface area contributed by atoms with Crippen LogP contribution in [0.25, 0.3) is 0 Å². The van der Waals surface area contributed by atoms with Crippen LogP contribution in [0.4, 0.5) is 5.95 Å². The zero-order valence-electron chi connectivity index (χ0n) is 16.2. The van der Waals surface area contributed by atoms with Gasteiger partial charge in [0.2, 0.25) is 5.95 Å². The zero-order valence-corrected chi connectivity index (χ0v) is 17.8. The van der Waals surface area contributed by atoms with Crippen molar-refractivity contribution in [2.75, 3.05) is 5.32 Å². The van der Waals surface area contributed by atoms with Gasteiger partial charge in [-0.15, -0.1) is 5.10 Å². The van der Waals surface area contributed by atoms with E-state index in [2.05, 4.69) is 37.4 Å². The Morgan fingerprint density at radius 2 is 2.03 bits per heavy atom. The molecule has 0 radical (unpaired) electrons. The number of aromatic nitrogens is 3. The van der Waals surface area contributed by atoms with Crippen LogP contribution in [0.2, 0.25) is 0 Å². The van der Waals surface area contributed by atoms with Gasteiger partial charge in [0.15, 0.2) is 5.76 Å². The highest BCUT2D eigenvalue weighted by molar-refractivity contribution is 9.10. The van der Waals surface area contributed by atoms with Crippen LogP contribution in [0.3, 0.4) is 0 Å². The van der Waals surface area contributed by atoms with Gasteiger partial charge in [0.05, 0.1) is 11.0 Å². The van der Waals surface area contributed by atoms with Crippen molar-refractivity contribution in [3.63, 3.8) is 0 Å². The summed E-state index contributed by atoms with van der Waals surface area (Å²) in [6, 6.07) is 19.0. The Morgan fingerprint density at radius 1 is 1.17 bits per heavy atom. The van der Waals surface area contributed by atoms with Gasteiger partial charge in [-0.2, -0.15) is 0 Å². The van der Waals surface area contributed by atoms with Crippen LogP contribution in [0.1, 0.15) is 27.4 Å². The highest BCUT2D eigenvalue weighted by Gasteiger charge is 2.14. The molecule has 8 heteroatoms. The maximum atomic E-state index is 12.4. The summed E-state index contributed by atoms with van der Waals surface area (Å²) in [4.78, 5) is 16.6. The van der Waals surface area contributed by atoms with Crippen LogP contribution in [-0.2, 0) is 13.2 Å². The second-order valence-electron chi connectivity index (χ2n) is 6.69. The standard InChI is InChI=1S/C22H19BrN4O3/c1-15-5-4-6-16(11-15)12-27-14-24-22(26-27)25-21(28)20-10-9-17(30-20)13-29-19-8-3-2-7-18(19)23/h2-11,14H,12-13H2,1H3,(H,25,26,28). The minimum absolute atomic E-state index is 0.163. The Morgan fingerprint density at radius 3 is 2.87 bits per heavy atom. The highest BCUT2D eigenvalue weighted by atomic mass is 79.9. The molecule has 7 nitrogen and oxygen atoms in total. The fourth-order valence-corrected chi connectivity index (χ4v) is 3.28. The van der Waals surface area contributed by atoms with Crippen molar-refractivity contribution >= 4 is 27.8 Å². The molecule has 4 rings (SSSR count). The smallest absolute Gasteiger partial charge is 0.293 e. The van der Waals surface area contributed by atoms with Crippen LogP contribution in [-0.4, -0.2) is 20.7 Å². The third kappa shape index (κ3) is 4.96. The van der Waals surface area contributed by atoms with Gasteiger partial charge in [-0.3, -0.25) is 10.1 Å². The first-order valence-electron chi connectivity index (χ1n) is 9.29. The molecule has 2 heterocycles. The van der Waals surface area contributed by atoms with Crippen LogP contribution in [0.5, 0.6) is 5.75 Å².